The number of fused-ring (bicyclic) bond motifs is 1. The molecule has 0 spiro atoms. The van der Waals surface area contributed by atoms with Crippen molar-refractivity contribution in [2.75, 3.05) is 13.1 Å². The van der Waals surface area contributed by atoms with Crippen LogP contribution >= 0.6 is 11.6 Å². The molecule has 1 aliphatic rings. The average Bonchev–Trinajstić information content (AvgIpc) is 2.78. The maximum Gasteiger partial charge on any atom is 0.303 e. The molecule has 1 atom stereocenters. The van der Waals surface area contributed by atoms with Crippen LogP contribution in [0.5, 0.6) is 0 Å². The molecule has 0 bridgehead atoms. The van der Waals surface area contributed by atoms with Gasteiger partial charge in [-0.2, -0.15) is 0 Å². The summed E-state index contributed by atoms with van der Waals surface area (Å²) in [6.07, 6.45) is 4.95. The third kappa shape index (κ3) is 5.93. The van der Waals surface area contributed by atoms with Crippen LogP contribution in [-0.2, 0) is 30.6 Å². The van der Waals surface area contributed by atoms with Crippen LogP contribution in [0.15, 0.2) is 54.7 Å². The van der Waals surface area contributed by atoms with E-state index in [0.717, 1.165) is 66.6 Å². The van der Waals surface area contributed by atoms with Gasteiger partial charge < -0.3 is 5.11 Å². The number of carboxylic acids is 1. The van der Waals surface area contributed by atoms with Gasteiger partial charge in [0.15, 0.2) is 5.82 Å². The number of nitrogens with zero attached hydrogens (tertiary/aromatic N) is 3. The Balaban J connectivity index is 1.36. The van der Waals surface area contributed by atoms with Crippen molar-refractivity contribution in [1.82, 2.24) is 14.9 Å². The first-order chi connectivity index (χ1) is 15.5. The summed E-state index contributed by atoms with van der Waals surface area (Å²) in [5.41, 5.74) is 5.84. The van der Waals surface area contributed by atoms with E-state index in [9.17, 15) is 4.79 Å². The predicted octanol–water partition coefficient (Wildman–Crippen LogP) is 5.05. The van der Waals surface area contributed by atoms with E-state index in [1.54, 1.807) is 0 Å². The SMILES string of the molecule is C[C@@H](CC(=O)O)CN1CCc2nc(-c3ccc(CCc4ccc(Cl)cc4)cc3)ncc2C1. The van der Waals surface area contributed by atoms with Gasteiger partial charge in [-0.15, -0.1) is 0 Å². The Morgan fingerprint density at radius 1 is 1.09 bits per heavy atom. The molecule has 2 aromatic carbocycles. The van der Waals surface area contributed by atoms with Gasteiger partial charge in [0.05, 0.1) is 5.69 Å². The Kier molecular flexibility index (Phi) is 7.18. The van der Waals surface area contributed by atoms with Crippen LogP contribution < -0.4 is 0 Å². The monoisotopic (exact) mass is 449 g/mol. The molecular formula is C26H28ClN3O2. The predicted molar refractivity (Wildman–Crippen MR) is 127 cm³/mol. The molecule has 0 radical (unpaired) electrons. The number of carbonyl (C=O) groups is 1. The van der Waals surface area contributed by atoms with Crippen LogP contribution in [0.4, 0.5) is 0 Å². The van der Waals surface area contributed by atoms with Gasteiger partial charge in [0.25, 0.3) is 0 Å². The number of hydrogen-bond acceptors (Lipinski definition) is 4. The number of aliphatic carboxylic acids is 1. The second kappa shape index (κ2) is 10.2. The van der Waals surface area contributed by atoms with E-state index in [0.29, 0.717) is 0 Å². The molecule has 166 valence electrons. The van der Waals surface area contributed by atoms with Gasteiger partial charge in [-0.25, -0.2) is 9.97 Å². The lowest BCUT2D eigenvalue weighted by molar-refractivity contribution is -0.138. The van der Waals surface area contributed by atoms with Gasteiger partial charge >= 0.3 is 5.97 Å². The molecule has 2 heterocycles. The quantitative estimate of drug-likeness (QED) is 0.521. The third-order valence-electron chi connectivity index (χ3n) is 5.93. The average molecular weight is 450 g/mol. The highest BCUT2D eigenvalue weighted by Crippen LogP contribution is 2.23. The molecule has 0 unspecified atom stereocenters. The van der Waals surface area contributed by atoms with E-state index in [1.165, 1.54) is 11.1 Å². The van der Waals surface area contributed by atoms with Crippen molar-refractivity contribution in [3.63, 3.8) is 0 Å². The smallest absolute Gasteiger partial charge is 0.303 e. The number of halogens is 1. The molecule has 1 aromatic heterocycles. The van der Waals surface area contributed by atoms with E-state index in [2.05, 4.69) is 46.3 Å². The van der Waals surface area contributed by atoms with E-state index < -0.39 is 5.97 Å². The lowest BCUT2D eigenvalue weighted by Crippen LogP contribution is -2.35. The van der Waals surface area contributed by atoms with Crippen molar-refractivity contribution in [2.45, 2.75) is 39.2 Å². The zero-order valence-corrected chi connectivity index (χ0v) is 19.1. The van der Waals surface area contributed by atoms with Crippen LogP contribution in [0.25, 0.3) is 11.4 Å². The maximum absolute atomic E-state index is 10.9. The summed E-state index contributed by atoms with van der Waals surface area (Å²) < 4.78 is 0. The first-order valence-corrected chi connectivity index (χ1v) is 11.5. The van der Waals surface area contributed by atoms with Crippen molar-refractivity contribution in [1.29, 1.82) is 0 Å². The summed E-state index contributed by atoms with van der Waals surface area (Å²) in [6, 6.07) is 16.5. The van der Waals surface area contributed by atoms with Gasteiger partial charge in [0, 0.05) is 54.8 Å². The molecule has 0 amide bonds. The first kappa shape index (κ1) is 22.4. The molecule has 1 aliphatic heterocycles. The van der Waals surface area contributed by atoms with Crippen molar-refractivity contribution < 1.29 is 9.90 Å². The number of hydrogen-bond donors (Lipinski definition) is 1. The summed E-state index contributed by atoms with van der Waals surface area (Å²) in [6.45, 7) is 4.45. The van der Waals surface area contributed by atoms with Crippen molar-refractivity contribution in [3.8, 4) is 11.4 Å². The highest BCUT2D eigenvalue weighted by molar-refractivity contribution is 6.30. The summed E-state index contributed by atoms with van der Waals surface area (Å²) in [4.78, 5) is 22.7. The van der Waals surface area contributed by atoms with E-state index in [1.807, 2.05) is 25.3 Å². The molecule has 32 heavy (non-hydrogen) atoms. The normalized spacial score (nSPS) is 14.7. The second-order valence-electron chi connectivity index (χ2n) is 8.68. The van der Waals surface area contributed by atoms with Gasteiger partial charge in [-0.3, -0.25) is 9.69 Å². The minimum absolute atomic E-state index is 0.132. The Hall–Kier alpha value is -2.76. The highest BCUT2D eigenvalue weighted by atomic mass is 35.5. The standard InChI is InChI=1S/C26H28ClN3O2/c1-18(14-25(31)32)16-30-13-12-24-22(17-30)15-28-26(29-24)21-8-4-19(5-9-21)2-3-20-6-10-23(27)11-7-20/h4-11,15,18H,2-3,12-14,16-17H2,1H3,(H,31,32)/t18-/m0/s1. The second-order valence-corrected chi connectivity index (χ2v) is 9.11. The van der Waals surface area contributed by atoms with Gasteiger partial charge in [-0.05, 0) is 42.0 Å². The van der Waals surface area contributed by atoms with Crippen LogP contribution in [0.1, 0.15) is 35.7 Å². The van der Waals surface area contributed by atoms with Crippen molar-refractivity contribution >= 4 is 17.6 Å². The Morgan fingerprint density at radius 2 is 1.75 bits per heavy atom. The largest absolute Gasteiger partial charge is 0.481 e. The fourth-order valence-electron chi connectivity index (χ4n) is 4.23. The maximum atomic E-state index is 10.9. The first-order valence-electron chi connectivity index (χ1n) is 11.1. The summed E-state index contributed by atoms with van der Waals surface area (Å²) in [5.74, 6) is 0.159. The summed E-state index contributed by atoms with van der Waals surface area (Å²) in [7, 11) is 0. The topological polar surface area (TPSA) is 66.3 Å². The number of aromatic nitrogens is 2. The molecule has 0 saturated carbocycles. The Bertz CT molecular complexity index is 1070. The summed E-state index contributed by atoms with van der Waals surface area (Å²) >= 11 is 5.96. The van der Waals surface area contributed by atoms with Gasteiger partial charge in [0.2, 0.25) is 0 Å². The molecule has 6 heteroatoms. The Labute approximate surface area is 194 Å². The molecule has 5 nitrogen and oxygen atoms in total. The molecule has 0 aliphatic carbocycles. The van der Waals surface area contributed by atoms with E-state index >= 15 is 0 Å². The van der Waals surface area contributed by atoms with Gasteiger partial charge in [-0.1, -0.05) is 54.9 Å². The van der Waals surface area contributed by atoms with Crippen LogP contribution in [-0.4, -0.2) is 39.0 Å². The van der Waals surface area contributed by atoms with Crippen molar-refractivity contribution in [2.24, 2.45) is 5.92 Å². The third-order valence-corrected chi connectivity index (χ3v) is 6.19. The number of carboxylic acid groups (broad SMARTS) is 1. The number of rotatable bonds is 8. The molecule has 0 saturated heterocycles. The zero-order valence-electron chi connectivity index (χ0n) is 18.3. The zero-order chi connectivity index (χ0) is 22.5. The molecule has 4 rings (SSSR count). The van der Waals surface area contributed by atoms with E-state index in [4.69, 9.17) is 21.7 Å². The fraction of sp³-hybridized carbons (Fsp3) is 0.346. The minimum Gasteiger partial charge on any atom is -0.481 e. The van der Waals surface area contributed by atoms with Crippen LogP contribution in [0.3, 0.4) is 0 Å². The number of aryl methyl sites for hydroxylation is 2. The minimum atomic E-state index is -0.737. The lowest BCUT2D eigenvalue weighted by atomic mass is 10.0. The number of benzene rings is 2. The highest BCUT2D eigenvalue weighted by Gasteiger charge is 2.21. The van der Waals surface area contributed by atoms with Crippen molar-refractivity contribution in [3.05, 3.63) is 82.1 Å². The lowest BCUT2D eigenvalue weighted by Gasteiger charge is -2.29. The Morgan fingerprint density at radius 3 is 2.41 bits per heavy atom. The molecule has 3 aromatic rings. The summed E-state index contributed by atoms with van der Waals surface area (Å²) in [5, 5.41) is 9.74. The van der Waals surface area contributed by atoms with Gasteiger partial charge in [0.1, 0.15) is 0 Å². The molecule has 1 N–H and O–H groups in total. The van der Waals surface area contributed by atoms with Crippen LogP contribution in [0, 0.1) is 5.92 Å². The fourth-order valence-corrected chi connectivity index (χ4v) is 4.36. The van der Waals surface area contributed by atoms with Crippen LogP contribution in [0.2, 0.25) is 5.02 Å². The van der Waals surface area contributed by atoms with E-state index in [-0.39, 0.29) is 12.3 Å². The molecule has 0 fully saturated rings. The molecular weight excluding hydrogens is 422 g/mol.